The van der Waals surface area contributed by atoms with Crippen LogP contribution in [0.5, 0.6) is 5.75 Å². The highest BCUT2D eigenvalue weighted by Gasteiger charge is 2.00. The van der Waals surface area contributed by atoms with Gasteiger partial charge in [-0.05, 0) is 41.7 Å². The Kier molecular flexibility index (Phi) is 6.29. The van der Waals surface area contributed by atoms with E-state index in [0.717, 1.165) is 5.75 Å². The highest BCUT2D eigenvalue weighted by molar-refractivity contribution is 5.64. The first-order valence-electron chi connectivity index (χ1n) is 7.76. The predicted molar refractivity (Wildman–Crippen MR) is 87.7 cm³/mol. The normalized spacial score (nSPS) is 10.6. The lowest BCUT2D eigenvalue weighted by atomic mass is 10.0. The molecule has 0 saturated heterocycles. The zero-order valence-corrected chi connectivity index (χ0v) is 12.7. The molecule has 0 aliphatic rings. The maximum Gasteiger partial charge on any atom is 0.119 e. The summed E-state index contributed by atoms with van der Waals surface area (Å²) < 4.78 is 5.37. The summed E-state index contributed by atoms with van der Waals surface area (Å²) in [6.07, 6.45) is 5.01. The van der Waals surface area contributed by atoms with Crippen molar-refractivity contribution in [2.24, 2.45) is 0 Å². The molecule has 0 radical (unpaired) electrons. The van der Waals surface area contributed by atoms with Crippen LogP contribution in [0.15, 0.2) is 48.5 Å². The zero-order chi connectivity index (χ0) is 14.9. The van der Waals surface area contributed by atoms with Crippen molar-refractivity contribution >= 4 is 0 Å². The summed E-state index contributed by atoms with van der Waals surface area (Å²) in [7, 11) is 0. The van der Waals surface area contributed by atoms with Crippen molar-refractivity contribution in [3.05, 3.63) is 54.1 Å². The predicted octanol–water partition coefficient (Wildman–Crippen LogP) is 4.46. The van der Waals surface area contributed by atoms with Gasteiger partial charge in [0.05, 0.1) is 6.61 Å². The van der Waals surface area contributed by atoms with Crippen LogP contribution in [-0.4, -0.2) is 18.3 Å². The van der Waals surface area contributed by atoms with Gasteiger partial charge in [-0.1, -0.05) is 56.2 Å². The van der Waals surface area contributed by atoms with Crippen molar-refractivity contribution in [2.75, 3.05) is 13.2 Å². The number of benzene rings is 2. The second-order valence-corrected chi connectivity index (χ2v) is 5.25. The fourth-order valence-electron chi connectivity index (χ4n) is 2.35. The van der Waals surface area contributed by atoms with Crippen molar-refractivity contribution in [1.82, 2.24) is 0 Å². The van der Waals surface area contributed by atoms with Crippen molar-refractivity contribution < 1.29 is 9.84 Å². The first-order chi connectivity index (χ1) is 10.3. The number of ether oxygens (including phenoxy) is 1. The summed E-state index contributed by atoms with van der Waals surface area (Å²) in [6.45, 7) is 2.62. The summed E-state index contributed by atoms with van der Waals surface area (Å²) in [5.41, 5.74) is 3.82. The lowest BCUT2D eigenvalue weighted by Gasteiger charge is -2.07. The first-order valence-corrected chi connectivity index (χ1v) is 7.76. The van der Waals surface area contributed by atoms with E-state index in [4.69, 9.17) is 9.84 Å². The van der Waals surface area contributed by atoms with Crippen LogP contribution in [0.4, 0.5) is 0 Å². The average molecular weight is 284 g/mol. The third kappa shape index (κ3) is 4.91. The van der Waals surface area contributed by atoms with Gasteiger partial charge >= 0.3 is 0 Å². The van der Waals surface area contributed by atoms with Crippen LogP contribution in [0, 0.1) is 0 Å². The monoisotopic (exact) mass is 284 g/mol. The maximum atomic E-state index is 8.74. The number of unbranched alkanes of at least 4 members (excludes halogenated alkanes) is 2. The van der Waals surface area contributed by atoms with Crippen molar-refractivity contribution in [2.45, 2.75) is 32.6 Å². The summed E-state index contributed by atoms with van der Waals surface area (Å²) in [4.78, 5) is 0. The van der Waals surface area contributed by atoms with Crippen LogP contribution in [-0.2, 0) is 6.42 Å². The fraction of sp³-hybridized carbons (Fsp3) is 0.368. The third-order valence-corrected chi connectivity index (χ3v) is 3.57. The molecule has 1 N–H and O–H groups in total. The van der Waals surface area contributed by atoms with E-state index in [2.05, 4.69) is 43.3 Å². The van der Waals surface area contributed by atoms with E-state index in [1.807, 2.05) is 12.1 Å². The Morgan fingerprint density at radius 1 is 0.857 bits per heavy atom. The SMILES string of the molecule is CCCCCc1ccc(-c2ccc(OCCO)cc2)cc1. The Hall–Kier alpha value is -1.80. The molecule has 0 heterocycles. The topological polar surface area (TPSA) is 29.5 Å². The minimum atomic E-state index is 0.0429. The van der Waals surface area contributed by atoms with Crippen LogP contribution < -0.4 is 4.74 Å². The highest BCUT2D eigenvalue weighted by atomic mass is 16.5. The van der Waals surface area contributed by atoms with Gasteiger partial charge < -0.3 is 9.84 Å². The minimum absolute atomic E-state index is 0.0429. The Morgan fingerprint density at radius 3 is 2.05 bits per heavy atom. The number of aryl methyl sites for hydroxylation is 1. The molecule has 112 valence electrons. The number of hydrogen-bond acceptors (Lipinski definition) is 2. The third-order valence-electron chi connectivity index (χ3n) is 3.57. The Bertz CT molecular complexity index is 514. The van der Waals surface area contributed by atoms with Crippen LogP contribution in [0.1, 0.15) is 31.7 Å². The molecule has 0 atom stereocenters. The van der Waals surface area contributed by atoms with Crippen LogP contribution in [0.2, 0.25) is 0 Å². The van der Waals surface area contributed by atoms with E-state index in [-0.39, 0.29) is 6.61 Å². The van der Waals surface area contributed by atoms with E-state index < -0.39 is 0 Å². The first kappa shape index (κ1) is 15.6. The standard InChI is InChI=1S/C19H24O2/c1-2-3-4-5-16-6-8-17(9-7-16)18-10-12-19(13-11-18)21-15-14-20/h6-13,20H,2-5,14-15H2,1H3. The molecule has 0 amide bonds. The minimum Gasteiger partial charge on any atom is -0.491 e. The number of aliphatic hydroxyl groups is 1. The summed E-state index contributed by atoms with van der Waals surface area (Å²) in [5, 5.41) is 8.74. The summed E-state index contributed by atoms with van der Waals surface area (Å²) in [5.74, 6) is 0.795. The smallest absolute Gasteiger partial charge is 0.119 e. The van der Waals surface area contributed by atoms with Gasteiger partial charge in [0, 0.05) is 0 Å². The largest absolute Gasteiger partial charge is 0.491 e. The van der Waals surface area contributed by atoms with Gasteiger partial charge in [-0.2, -0.15) is 0 Å². The Morgan fingerprint density at radius 2 is 1.48 bits per heavy atom. The van der Waals surface area contributed by atoms with Gasteiger partial charge in [0.2, 0.25) is 0 Å². The van der Waals surface area contributed by atoms with Gasteiger partial charge in [-0.15, -0.1) is 0 Å². The van der Waals surface area contributed by atoms with Crippen LogP contribution in [0.3, 0.4) is 0 Å². The van der Waals surface area contributed by atoms with Gasteiger partial charge in [0.25, 0.3) is 0 Å². The molecule has 0 aliphatic heterocycles. The quantitative estimate of drug-likeness (QED) is 0.725. The second kappa shape index (κ2) is 8.48. The highest BCUT2D eigenvalue weighted by Crippen LogP contribution is 2.23. The van der Waals surface area contributed by atoms with Gasteiger partial charge in [0.1, 0.15) is 12.4 Å². The van der Waals surface area contributed by atoms with E-state index in [0.29, 0.717) is 6.61 Å². The number of aliphatic hydroxyl groups excluding tert-OH is 1. The van der Waals surface area contributed by atoms with Crippen LogP contribution in [0.25, 0.3) is 11.1 Å². The van der Waals surface area contributed by atoms with Crippen molar-refractivity contribution in [3.63, 3.8) is 0 Å². The second-order valence-electron chi connectivity index (χ2n) is 5.25. The zero-order valence-electron chi connectivity index (χ0n) is 12.7. The molecule has 0 spiro atoms. The lowest BCUT2D eigenvalue weighted by molar-refractivity contribution is 0.201. The molecule has 0 unspecified atom stereocenters. The molecule has 2 nitrogen and oxygen atoms in total. The molecule has 2 heteroatoms. The molecular weight excluding hydrogens is 260 g/mol. The lowest BCUT2D eigenvalue weighted by Crippen LogP contribution is -2.01. The molecule has 0 aromatic heterocycles. The molecule has 21 heavy (non-hydrogen) atoms. The molecule has 0 aliphatic carbocycles. The number of rotatable bonds is 8. The Labute approximate surface area is 127 Å². The molecule has 0 fully saturated rings. The molecule has 0 saturated carbocycles. The van der Waals surface area contributed by atoms with E-state index in [1.165, 1.54) is 42.4 Å². The van der Waals surface area contributed by atoms with Gasteiger partial charge in [0.15, 0.2) is 0 Å². The molecule has 2 aromatic rings. The van der Waals surface area contributed by atoms with Crippen molar-refractivity contribution in [1.29, 1.82) is 0 Å². The van der Waals surface area contributed by atoms with Gasteiger partial charge in [-0.3, -0.25) is 0 Å². The Balaban J connectivity index is 1.97. The average Bonchev–Trinajstić information content (AvgIpc) is 2.54. The summed E-state index contributed by atoms with van der Waals surface area (Å²) in [6, 6.07) is 16.8. The molecule has 2 rings (SSSR count). The number of hydrogen-bond donors (Lipinski definition) is 1. The summed E-state index contributed by atoms with van der Waals surface area (Å²) >= 11 is 0. The van der Waals surface area contributed by atoms with Crippen molar-refractivity contribution in [3.8, 4) is 16.9 Å². The molecule has 0 bridgehead atoms. The molecular formula is C19H24O2. The maximum absolute atomic E-state index is 8.74. The van der Waals surface area contributed by atoms with Gasteiger partial charge in [-0.25, -0.2) is 0 Å². The van der Waals surface area contributed by atoms with E-state index >= 15 is 0 Å². The van der Waals surface area contributed by atoms with E-state index in [9.17, 15) is 0 Å². The molecule has 2 aromatic carbocycles. The van der Waals surface area contributed by atoms with Crippen LogP contribution >= 0.6 is 0 Å². The van der Waals surface area contributed by atoms with E-state index in [1.54, 1.807) is 0 Å². The fourth-order valence-corrected chi connectivity index (χ4v) is 2.35.